The number of methoxy groups -OCH3 is 4. The zero-order valence-corrected chi connectivity index (χ0v) is 20.6. The lowest BCUT2D eigenvalue weighted by atomic mass is 9.99. The Kier molecular flexibility index (Phi) is 6.98. The zero-order valence-electron chi connectivity index (χ0n) is 19.8. The first-order chi connectivity index (χ1) is 16.5. The van der Waals surface area contributed by atoms with E-state index in [1.165, 1.54) is 0 Å². The van der Waals surface area contributed by atoms with Gasteiger partial charge in [-0.05, 0) is 42.8 Å². The van der Waals surface area contributed by atoms with Gasteiger partial charge in [0.05, 0.1) is 51.0 Å². The number of hydrogen-bond donors (Lipinski definition) is 0. The lowest BCUT2D eigenvalue weighted by Gasteiger charge is -2.13. The number of benzene rings is 2. The Hall–Kier alpha value is -3.65. The Morgan fingerprint density at radius 1 is 0.824 bits per heavy atom. The van der Waals surface area contributed by atoms with Gasteiger partial charge in [0.15, 0.2) is 23.0 Å². The first kappa shape index (κ1) is 23.5. The van der Waals surface area contributed by atoms with Crippen molar-refractivity contribution in [2.75, 3.05) is 28.4 Å². The summed E-state index contributed by atoms with van der Waals surface area (Å²) in [5.41, 5.74) is 4.77. The predicted octanol–water partition coefficient (Wildman–Crippen LogP) is 5.17. The van der Waals surface area contributed by atoms with Crippen molar-refractivity contribution in [1.82, 2.24) is 19.6 Å². The van der Waals surface area contributed by atoms with Crippen LogP contribution in [0.15, 0.2) is 48.8 Å². The average Bonchev–Trinajstić information content (AvgIpc) is 3.45. The third-order valence-corrected chi connectivity index (χ3v) is 5.79. The van der Waals surface area contributed by atoms with Crippen molar-refractivity contribution >= 4 is 11.6 Å². The molecule has 0 amide bonds. The van der Waals surface area contributed by atoms with E-state index in [-0.39, 0.29) is 0 Å². The van der Waals surface area contributed by atoms with E-state index >= 15 is 0 Å². The minimum Gasteiger partial charge on any atom is -0.493 e. The van der Waals surface area contributed by atoms with E-state index in [2.05, 4.69) is 12.0 Å². The molecule has 0 saturated carbocycles. The van der Waals surface area contributed by atoms with Crippen LogP contribution in [0.25, 0.3) is 22.5 Å². The normalized spacial score (nSPS) is 10.9. The van der Waals surface area contributed by atoms with Crippen LogP contribution in [0.4, 0.5) is 0 Å². The van der Waals surface area contributed by atoms with E-state index in [1.54, 1.807) is 45.5 Å². The second kappa shape index (κ2) is 10.1. The maximum absolute atomic E-state index is 6.11. The molecule has 0 saturated heterocycles. The average molecular weight is 483 g/mol. The number of halogens is 1. The van der Waals surface area contributed by atoms with Crippen LogP contribution < -0.4 is 18.9 Å². The molecule has 0 aliphatic carbocycles. The molecule has 0 radical (unpaired) electrons. The van der Waals surface area contributed by atoms with Crippen LogP contribution in [0.1, 0.15) is 12.5 Å². The fraction of sp³-hybridized carbons (Fsp3) is 0.280. The third kappa shape index (κ3) is 4.41. The topological polar surface area (TPSA) is 72.6 Å². The van der Waals surface area contributed by atoms with Crippen molar-refractivity contribution < 1.29 is 18.9 Å². The van der Waals surface area contributed by atoms with Gasteiger partial charge in [0.2, 0.25) is 0 Å². The lowest BCUT2D eigenvalue weighted by Crippen LogP contribution is -2.11. The molecule has 9 heteroatoms. The van der Waals surface area contributed by atoms with Gasteiger partial charge >= 0.3 is 0 Å². The molecule has 0 N–H and O–H groups in total. The molecule has 0 spiro atoms. The first-order valence-corrected chi connectivity index (χ1v) is 11.1. The molecule has 2 aromatic heterocycles. The van der Waals surface area contributed by atoms with E-state index in [9.17, 15) is 0 Å². The third-order valence-electron chi connectivity index (χ3n) is 5.60. The van der Waals surface area contributed by atoms with Gasteiger partial charge in [0, 0.05) is 22.9 Å². The lowest BCUT2D eigenvalue weighted by molar-refractivity contribution is 0.355. The highest BCUT2D eigenvalue weighted by Crippen LogP contribution is 2.39. The number of nitrogens with zero attached hydrogens (tertiary/aromatic N) is 4. The number of aromatic nitrogens is 4. The molecule has 8 nitrogen and oxygen atoms in total. The maximum atomic E-state index is 6.11. The van der Waals surface area contributed by atoms with Gasteiger partial charge in [-0.3, -0.25) is 0 Å². The zero-order chi connectivity index (χ0) is 24.2. The highest BCUT2D eigenvalue weighted by Gasteiger charge is 2.22. The summed E-state index contributed by atoms with van der Waals surface area (Å²) in [6.45, 7) is 2.50. The second-order valence-corrected chi connectivity index (χ2v) is 7.94. The Bertz CT molecular complexity index is 1300. The molecule has 0 fully saturated rings. The highest BCUT2D eigenvalue weighted by molar-refractivity contribution is 6.30. The summed E-state index contributed by atoms with van der Waals surface area (Å²) in [4.78, 5) is 0. The van der Waals surface area contributed by atoms with E-state index in [4.69, 9.17) is 35.6 Å². The summed E-state index contributed by atoms with van der Waals surface area (Å²) < 4.78 is 25.6. The predicted molar refractivity (Wildman–Crippen MR) is 131 cm³/mol. The molecule has 0 aliphatic heterocycles. The monoisotopic (exact) mass is 482 g/mol. The minimum absolute atomic E-state index is 0.386. The van der Waals surface area contributed by atoms with Gasteiger partial charge in [-0.1, -0.05) is 18.5 Å². The molecule has 0 unspecified atom stereocenters. The Balaban J connectivity index is 1.92. The Morgan fingerprint density at radius 2 is 1.41 bits per heavy atom. The van der Waals surface area contributed by atoms with Crippen molar-refractivity contribution in [2.45, 2.75) is 20.0 Å². The summed E-state index contributed by atoms with van der Waals surface area (Å²) in [7, 11) is 6.49. The summed E-state index contributed by atoms with van der Waals surface area (Å²) in [6, 6.07) is 11.7. The van der Waals surface area contributed by atoms with Gasteiger partial charge in [-0.25, -0.2) is 9.36 Å². The second-order valence-electron chi connectivity index (χ2n) is 7.51. The molecule has 0 bridgehead atoms. The van der Waals surface area contributed by atoms with Crippen LogP contribution in [0.3, 0.4) is 0 Å². The quantitative estimate of drug-likeness (QED) is 0.328. The van der Waals surface area contributed by atoms with E-state index in [1.807, 2.05) is 41.1 Å². The van der Waals surface area contributed by atoms with Crippen LogP contribution in [0.5, 0.6) is 23.0 Å². The highest BCUT2D eigenvalue weighted by atomic mass is 35.5. The maximum Gasteiger partial charge on any atom is 0.161 e. The number of hydrogen-bond acceptors (Lipinski definition) is 6. The molecule has 2 heterocycles. The fourth-order valence-corrected chi connectivity index (χ4v) is 4.17. The van der Waals surface area contributed by atoms with E-state index in [0.29, 0.717) is 34.7 Å². The molecule has 0 atom stereocenters. The van der Waals surface area contributed by atoms with Gasteiger partial charge < -0.3 is 18.9 Å². The number of ether oxygens (including phenoxy) is 4. The van der Waals surface area contributed by atoms with Crippen LogP contribution >= 0.6 is 11.6 Å². The van der Waals surface area contributed by atoms with Gasteiger partial charge in [-0.15, -0.1) is 0 Å². The molecular formula is C25H27ClN4O4. The van der Waals surface area contributed by atoms with Gasteiger partial charge in [0.25, 0.3) is 0 Å². The van der Waals surface area contributed by atoms with Crippen molar-refractivity contribution in [1.29, 1.82) is 0 Å². The van der Waals surface area contributed by atoms with Gasteiger partial charge in [-0.2, -0.15) is 10.2 Å². The SMILES string of the molecule is CCc1c(-c2ccc(OC)c(OC)c2)nn(Cn2cc(Cl)cn2)c1-c1ccc(OC)c(OC)c1. The molecule has 178 valence electrons. The first-order valence-electron chi connectivity index (χ1n) is 10.7. The van der Waals surface area contributed by atoms with E-state index in [0.717, 1.165) is 34.5 Å². The number of rotatable bonds is 9. The molecule has 0 aliphatic rings. The molecular weight excluding hydrogens is 456 g/mol. The van der Waals surface area contributed by atoms with Crippen molar-refractivity contribution in [3.63, 3.8) is 0 Å². The Labute approximate surface area is 203 Å². The fourth-order valence-electron chi connectivity index (χ4n) is 4.01. The molecule has 4 aromatic rings. The summed E-state index contributed by atoms with van der Waals surface area (Å²) >= 11 is 6.11. The summed E-state index contributed by atoms with van der Waals surface area (Å²) in [5.74, 6) is 2.61. The minimum atomic E-state index is 0.386. The van der Waals surface area contributed by atoms with Crippen LogP contribution in [0, 0.1) is 0 Å². The van der Waals surface area contributed by atoms with Crippen molar-refractivity contribution in [3.05, 3.63) is 59.4 Å². The van der Waals surface area contributed by atoms with Crippen molar-refractivity contribution in [3.8, 4) is 45.5 Å². The summed E-state index contributed by atoms with van der Waals surface area (Å²) in [6.07, 6.45) is 4.13. The van der Waals surface area contributed by atoms with Crippen LogP contribution in [0.2, 0.25) is 5.02 Å². The largest absolute Gasteiger partial charge is 0.493 e. The molecule has 34 heavy (non-hydrogen) atoms. The Morgan fingerprint density at radius 3 is 1.94 bits per heavy atom. The van der Waals surface area contributed by atoms with Crippen LogP contribution in [-0.4, -0.2) is 48.0 Å². The molecule has 4 rings (SSSR count). The van der Waals surface area contributed by atoms with Crippen molar-refractivity contribution in [2.24, 2.45) is 0 Å². The standard InChI is InChI=1S/C25H27ClN4O4/c1-6-19-24(16-7-9-20(31-2)22(11-16)33-4)28-30(15-29-14-18(26)13-27-29)25(19)17-8-10-21(32-3)23(12-17)34-5/h7-14H,6,15H2,1-5H3. The van der Waals surface area contributed by atoms with E-state index < -0.39 is 0 Å². The van der Waals surface area contributed by atoms with Crippen LogP contribution in [-0.2, 0) is 13.1 Å². The van der Waals surface area contributed by atoms with Gasteiger partial charge in [0.1, 0.15) is 6.67 Å². The smallest absolute Gasteiger partial charge is 0.161 e. The molecule has 2 aromatic carbocycles. The summed E-state index contributed by atoms with van der Waals surface area (Å²) in [5, 5.41) is 9.91.